The highest BCUT2D eigenvalue weighted by atomic mass is 16.5. The van der Waals surface area contributed by atoms with E-state index in [1.54, 1.807) is 0 Å². The Bertz CT molecular complexity index is 109. The maximum Gasteiger partial charge on any atom is 0.137 e. The van der Waals surface area contributed by atoms with E-state index in [-0.39, 0.29) is 6.10 Å². The molecule has 0 aromatic heterocycles. The Balaban J connectivity index is 2.32. The monoisotopic (exact) mass is 128 g/mol. The Morgan fingerprint density at radius 1 is 1.78 bits per heavy atom. The largest absolute Gasteiger partial charge is 0.377 e. The molecule has 1 aliphatic heterocycles. The first-order valence-corrected chi connectivity index (χ1v) is 3.46. The summed E-state index contributed by atoms with van der Waals surface area (Å²) in [6.45, 7) is 2.68. The Morgan fingerprint density at radius 3 is 3.00 bits per heavy atom. The molecule has 9 heavy (non-hydrogen) atoms. The van der Waals surface area contributed by atoms with E-state index < -0.39 is 0 Å². The first-order chi connectivity index (χ1) is 4.33. The van der Waals surface area contributed by atoms with Crippen molar-refractivity contribution in [2.75, 3.05) is 6.61 Å². The number of rotatable bonds is 1. The van der Waals surface area contributed by atoms with Crippen molar-refractivity contribution in [1.29, 1.82) is 0 Å². The van der Waals surface area contributed by atoms with Gasteiger partial charge in [-0.25, -0.2) is 0 Å². The lowest BCUT2D eigenvalue weighted by Gasteiger charge is -2.19. The normalized spacial score (nSPS) is 28.6. The highest BCUT2D eigenvalue weighted by Crippen LogP contribution is 2.11. The molecule has 0 saturated carbocycles. The zero-order valence-corrected chi connectivity index (χ0v) is 5.72. The molecule has 1 saturated heterocycles. The van der Waals surface area contributed by atoms with Crippen LogP contribution in [-0.4, -0.2) is 18.5 Å². The lowest BCUT2D eigenvalue weighted by molar-refractivity contribution is -0.128. The molecule has 1 aliphatic rings. The summed E-state index contributed by atoms with van der Waals surface area (Å²) in [4.78, 5) is 10.8. The summed E-state index contributed by atoms with van der Waals surface area (Å²) in [7, 11) is 0. The second-order valence-corrected chi connectivity index (χ2v) is 2.39. The van der Waals surface area contributed by atoms with Crippen LogP contribution in [-0.2, 0) is 9.53 Å². The summed E-state index contributed by atoms with van der Waals surface area (Å²) in [6.07, 6.45) is 2.44. The number of carbonyl (C=O) groups is 1. The van der Waals surface area contributed by atoms with Crippen molar-refractivity contribution < 1.29 is 9.53 Å². The van der Waals surface area contributed by atoms with Gasteiger partial charge in [-0.2, -0.15) is 0 Å². The zero-order valence-electron chi connectivity index (χ0n) is 5.72. The molecule has 0 bridgehead atoms. The smallest absolute Gasteiger partial charge is 0.137 e. The molecule has 0 unspecified atom stereocenters. The molecule has 1 heterocycles. The standard InChI is InChI=1S/C7H12O2/c1-2-7-5-6(8)3-4-9-7/h7H,2-5H2,1H3/t7-/m0/s1. The zero-order chi connectivity index (χ0) is 6.69. The fourth-order valence-electron chi connectivity index (χ4n) is 1.02. The van der Waals surface area contributed by atoms with Gasteiger partial charge in [-0.3, -0.25) is 4.79 Å². The van der Waals surface area contributed by atoms with Crippen molar-refractivity contribution in [3.05, 3.63) is 0 Å². The maximum atomic E-state index is 10.8. The van der Waals surface area contributed by atoms with Gasteiger partial charge in [0.15, 0.2) is 0 Å². The van der Waals surface area contributed by atoms with Crippen molar-refractivity contribution in [3.63, 3.8) is 0 Å². The van der Waals surface area contributed by atoms with Crippen LogP contribution < -0.4 is 0 Å². The number of ether oxygens (including phenoxy) is 1. The SMILES string of the molecule is CC[C@H]1CC(=O)CCO1. The number of ketones is 1. The third-order valence-corrected chi connectivity index (χ3v) is 1.65. The molecule has 0 spiro atoms. The average molecular weight is 128 g/mol. The summed E-state index contributed by atoms with van der Waals surface area (Å²) in [5.41, 5.74) is 0. The molecule has 0 N–H and O–H groups in total. The molecule has 52 valence electrons. The number of carbonyl (C=O) groups excluding carboxylic acids is 1. The van der Waals surface area contributed by atoms with Crippen LogP contribution in [0.3, 0.4) is 0 Å². The predicted molar refractivity (Wildman–Crippen MR) is 34.3 cm³/mol. The quantitative estimate of drug-likeness (QED) is 0.529. The van der Waals surface area contributed by atoms with Crippen LogP contribution in [0, 0.1) is 0 Å². The fourth-order valence-corrected chi connectivity index (χ4v) is 1.02. The van der Waals surface area contributed by atoms with E-state index in [0.29, 0.717) is 25.2 Å². The molecule has 0 amide bonds. The molecule has 1 atom stereocenters. The summed E-state index contributed by atoms with van der Waals surface area (Å²) < 4.78 is 5.28. The molecule has 0 radical (unpaired) electrons. The Morgan fingerprint density at radius 2 is 2.56 bits per heavy atom. The minimum atomic E-state index is 0.214. The minimum absolute atomic E-state index is 0.214. The lowest BCUT2D eigenvalue weighted by atomic mass is 10.1. The fraction of sp³-hybridized carbons (Fsp3) is 0.857. The predicted octanol–water partition coefficient (Wildman–Crippen LogP) is 1.14. The van der Waals surface area contributed by atoms with E-state index in [4.69, 9.17) is 4.74 Å². The molecule has 0 aliphatic carbocycles. The van der Waals surface area contributed by atoms with Gasteiger partial charge in [0.25, 0.3) is 0 Å². The Hall–Kier alpha value is -0.370. The van der Waals surface area contributed by atoms with Gasteiger partial charge in [-0.05, 0) is 6.42 Å². The van der Waals surface area contributed by atoms with Crippen LogP contribution in [0.1, 0.15) is 26.2 Å². The molecule has 2 nitrogen and oxygen atoms in total. The third-order valence-electron chi connectivity index (χ3n) is 1.65. The van der Waals surface area contributed by atoms with Gasteiger partial charge in [0.2, 0.25) is 0 Å². The highest BCUT2D eigenvalue weighted by molar-refractivity contribution is 5.79. The van der Waals surface area contributed by atoms with Crippen molar-refractivity contribution in [3.8, 4) is 0 Å². The van der Waals surface area contributed by atoms with E-state index in [9.17, 15) is 4.79 Å². The number of hydrogen-bond acceptors (Lipinski definition) is 2. The molecule has 1 rings (SSSR count). The van der Waals surface area contributed by atoms with Gasteiger partial charge in [0.1, 0.15) is 5.78 Å². The maximum absolute atomic E-state index is 10.8. The Labute approximate surface area is 55.2 Å². The van der Waals surface area contributed by atoms with Crippen LogP contribution in [0.15, 0.2) is 0 Å². The topological polar surface area (TPSA) is 26.3 Å². The van der Waals surface area contributed by atoms with Gasteiger partial charge >= 0.3 is 0 Å². The van der Waals surface area contributed by atoms with Gasteiger partial charge in [-0.1, -0.05) is 6.92 Å². The Kier molecular flexibility index (Phi) is 2.22. The van der Waals surface area contributed by atoms with Gasteiger partial charge in [0.05, 0.1) is 12.7 Å². The highest BCUT2D eigenvalue weighted by Gasteiger charge is 2.17. The third kappa shape index (κ3) is 1.79. The van der Waals surface area contributed by atoms with Gasteiger partial charge < -0.3 is 4.74 Å². The van der Waals surface area contributed by atoms with E-state index in [1.807, 2.05) is 6.92 Å². The van der Waals surface area contributed by atoms with E-state index >= 15 is 0 Å². The van der Waals surface area contributed by atoms with Gasteiger partial charge in [-0.15, -0.1) is 0 Å². The van der Waals surface area contributed by atoms with Crippen molar-refractivity contribution in [2.45, 2.75) is 32.3 Å². The summed E-state index contributed by atoms with van der Waals surface area (Å²) >= 11 is 0. The van der Waals surface area contributed by atoms with Crippen LogP contribution in [0.5, 0.6) is 0 Å². The minimum Gasteiger partial charge on any atom is -0.377 e. The van der Waals surface area contributed by atoms with Crippen molar-refractivity contribution >= 4 is 5.78 Å². The van der Waals surface area contributed by atoms with E-state index in [0.717, 1.165) is 6.42 Å². The second kappa shape index (κ2) is 2.97. The summed E-state index contributed by atoms with van der Waals surface area (Å²) in [5, 5.41) is 0. The average Bonchev–Trinajstić information content (AvgIpc) is 1.88. The number of Topliss-reactive ketones (excluding diaryl/α,β-unsaturated/α-hetero) is 1. The molecule has 0 aromatic carbocycles. The molecule has 0 aromatic rings. The summed E-state index contributed by atoms with van der Waals surface area (Å²) in [5.74, 6) is 0.355. The first kappa shape index (κ1) is 6.75. The molecule has 2 heteroatoms. The van der Waals surface area contributed by atoms with Gasteiger partial charge in [0, 0.05) is 12.8 Å². The van der Waals surface area contributed by atoms with Crippen LogP contribution in [0.25, 0.3) is 0 Å². The van der Waals surface area contributed by atoms with E-state index in [1.165, 1.54) is 0 Å². The lowest BCUT2D eigenvalue weighted by Crippen LogP contribution is -2.24. The molecule has 1 fully saturated rings. The van der Waals surface area contributed by atoms with Crippen LogP contribution in [0.2, 0.25) is 0 Å². The van der Waals surface area contributed by atoms with E-state index in [2.05, 4.69) is 0 Å². The first-order valence-electron chi connectivity index (χ1n) is 3.46. The number of hydrogen-bond donors (Lipinski definition) is 0. The van der Waals surface area contributed by atoms with Crippen molar-refractivity contribution in [2.24, 2.45) is 0 Å². The van der Waals surface area contributed by atoms with Crippen LogP contribution in [0.4, 0.5) is 0 Å². The van der Waals surface area contributed by atoms with Crippen LogP contribution >= 0.6 is 0 Å². The second-order valence-electron chi connectivity index (χ2n) is 2.39. The summed E-state index contributed by atoms with van der Waals surface area (Å²) in [6, 6.07) is 0. The van der Waals surface area contributed by atoms with Crippen molar-refractivity contribution in [1.82, 2.24) is 0 Å². The molecular formula is C7H12O2. The molecular weight excluding hydrogens is 116 g/mol.